The van der Waals surface area contributed by atoms with E-state index in [0.29, 0.717) is 11.5 Å². The number of hydrogen-bond donors (Lipinski definition) is 0. The molecule has 5 nitrogen and oxygen atoms in total. The monoisotopic (exact) mass is 160 g/mol. The first-order valence-corrected chi connectivity index (χ1v) is 3.28. The molecule has 0 N–H and O–H groups in total. The van der Waals surface area contributed by atoms with Crippen molar-refractivity contribution in [1.82, 2.24) is 14.6 Å². The van der Waals surface area contributed by atoms with Gasteiger partial charge in [-0.05, 0) is 12.1 Å². The molecule has 0 saturated heterocycles. The minimum Gasteiger partial charge on any atom is -0.215 e. The zero-order chi connectivity index (χ0) is 8.39. The van der Waals surface area contributed by atoms with E-state index in [0.717, 1.165) is 0 Å². The van der Waals surface area contributed by atoms with Crippen molar-refractivity contribution in [2.45, 2.75) is 0 Å². The Morgan fingerprint density at radius 1 is 1.50 bits per heavy atom. The Bertz CT molecular complexity index is 455. The fourth-order valence-corrected chi connectivity index (χ4v) is 0.963. The molecule has 0 unspecified atom stereocenters. The molecule has 58 valence electrons. The number of rotatable bonds is 1. The SMILES string of the molecule is O=C=Nc1cccc2ncnn12. The maximum Gasteiger partial charge on any atom is 0.242 e. The molecule has 2 aromatic rings. The van der Waals surface area contributed by atoms with Crippen molar-refractivity contribution in [2.24, 2.45) is 4.99 Å². The summed E-state index contributed by atoms with van der Waals surface area (Å²) in [6.07, 6.45) is 2.85. The molecule has 0 aromatic carbocycles. The predicted octanol–water partition coefficient (Wildman–Crippen LogP) is 0.697. The summed E-state index contributed by atoms with van der Waals surface area (Å²) in [6, 6.07) is 5.18. The van der Waals surface area contributed by atoms with E-state index in [1.807, 2.05) is 0 Å². The predicted molar refractivity (Wildman–Crippen MR) is 40.8 cm³/mol. The van der Waals surface area contributed by atoms with Gasteiger partial charge in [-0.15, -0.1) is 4.99 Å². The topological polar surface area (TPSA) is 59.6 Å². The molecule has 2 aromatic heterocycles. The number of aliphatic imine (C=N–C) groups is 1. The summed E-state index contributed by atoms with van der Waals surface area (Å²) in [5.74, 6) is 0.431. The first-order chi connectivity index (χ1) is 5.92. The van der Waals surface area contributed by atoms with Crippen LogP contribution in [0.3, 0.4) is 0 Å². The first kappa shape index (κ1) is 6.69. The molecule has 0 atom stereocenters. The van der Waals surface area contributed by atoms with Crippen molar-refractivity contribution in [1.29, 1.82) is 0 Å². The van der Waals surface area contributed by atoms with E-state index in [2.05, 4.69) is 15.1 Å². The molecule has 0 fully saturated rings. The van der Waals surface area contributed by atoms with Crippen molar-refractivity contribution < 1.29 is 4.79 Å². The van der Waals surface area contributed by atoms with Gasteiger partial charge in [-0.2, -0.15) is 9.61 Å². The van der Waals surface area contributed by atoms with E-state index in [9.17, 15) is 4.79 Å². The number of isocyanates is 1. The third-order valence-corrected chi connectivity index (χ3v) is 1.44. The van der Waals surface area contributed by atoms with Crippen LogP contribution in [-0.4, -0.2) is 20.7 Å². The standard InChI is InChI=1S/C7H4N4O/c12-5-9-7-3-1-2-6-8-4-10-11(6)7/h1-4H. The molecule has 12 heavy (non-hydrogen) atoms. The molecule has 2 rings (SSSR count). The summed E-state index contributed by atoms with van der Waals surface area (Å²) < 4.78 is 1.46. The van der Waals surface area contributed by atoms with Gasteiger partial charge in [0.2, 0.25) is 6.08 Å². The van der Waals surface area contributed by atoms with Gasteiger partial charge in [0.25, 0.3) is 0 Å². The molecule has 0 aliphatic rings. The molecule has 0 radical (unpaired) electrons. The van der Waals surface area contributed by atoms with Gasteiger partial charge in [0, 0.05) is 0 Å². The lowest BCUT2D eigenvalue weighted by atomic mass is 10.4. The fraction of sp³-hybridized carbons (Fsp3) is 0. The lowest BCUT2D eigenvalue weighted by molar-refractivity contribution is 0.565. The number of pyridine rings is 1. The zero-order valence-electron chi connectivity index (χ0n) is 6.01. The van der Waals surface area contributed by atoms with E-state index in [-0.39, 0.29) is 0 Å². The maximum atomic E-state index is 9.99. The maximum absolute atomic E-state index is 9.99. The molecular weight excluding hydrogens is 156 g/mol. The van der Waals surface area contributed by atoms with Gasteiger partial charge in [0.15, 0.2) is 11.5 Å². The molecule has 5 heteroatoms. The van der Waals surface area contributed by atoms with E-state index < -0.39 is 0 Å². The van der Waals surface area contributed by atoms with Crippen molar-refractivity contribution in [3.8, 4) is 0 Å². The van der Waals surface area contributed by atoms with E-state index >= 15 is 0 Å². The molecule has 0 bridgehead atoms. The summed E-state index contributed by atoms with van der Waals surface area (Å²) >= 11 is 0. The van der Waals surface area contributed by atoms with Crippen LogP contribution in [0.15, 0.2) is 29.5 Å². The average Bonchev–Trinajstić information content (AvgIpc) is 2.53. The highest BCUT2D eigenvalue weighted by Crippen LogP contribution is 2.10. The number of nitrogens with zero attached hydrogens (tertiary/aromatic N) is 4. The Kier molecular flexibility index (Phi) is 1.43. The third kappa shape index (κ3) is 0.889. The van der Waals surface area contributed by atoms with Crippen LogP contribution in [0.1, 0.15) is 0 Å². The van der Waals surface area contributed by atoms with Gasteiger partial charge in [-0.1, -0.05) is 6.07 Å². The minimum atomic E-state index is 0.431. The quantitative estimate of drug-likeness (QED) is 0.455. The lowest BCUT2D eigenvalue weighted by Gasteiger charge is -1.92. The van der Waals surface area contributed by atoms with Crippen LogP contribution < -0.4 is 0 Å². The summed E-state index contributed by atoms with van der Waals surface area (Å²) in [4.78, 5) is 17.4. The van der Waals surface area contributed by atoms with Crippen molar-refractivity contribution in [3.63, 3.8) is 0 Å². The first-order valence-electron chi connectivity index (χ1n) is 3.28. The zero-order valence-corrected chi connectivity index (χ0v) is 6.01. The summed E-state index contributed by atoms with van der Waals surface area (Å²) in [6.45, 7) is 0. The molecule has 0 aliphatic heterocycles. The van der Waals surface area contributed by atoms with E-state index in [4.69, 9.17) is 0 Å². The molecular formula is C7H4N4O. The molecule has 2 heterocycles. The van der Waals surface area contributed by atoms with Gasteiger partial charge in [-0.25, -0.2) is 9.78 Å². The highest BCUT2D eigenvalue weighted by molar-refractivity contribution is 5.50. The Labute approximate surface area is 67.4 Å². The summed E-state index contributed by atoms with van der Waals surface area (Å²) in [5.41, 5.74) is 0.659. The van der Waals surface area contributed by atoms with Gasteiger partial charge in [0.1, 0.15) is 6.33 Å². The highest BCUT2D eigenvalue weighted by Gasteiger charge is 1.98. The third-order valence-electron chi connectivity index (χ3n) is 1.44. The van der Waals surface area contributed by atoms with E-state index in [1.54, 1.807) is 18.2 Å². The second-order valence-corrected chi connectivity index (χ2v) is 2.12. The van der Waals surface area contributed by atoms with Crippen molar-refractivity contribution in [2.75, 3.05) is 0 Å². The average molecular weight is 160 g/mol. The number of hydrogen-bond acceptors (Lipinski definition) is 4. The molecule has 0 aliphatic carbocycles. The summed E-state index contributed by atoms with van der Waals surface area (Å²) in [7, 11) is 0. The lowest BCUT2D eigenvalue weighted by Crippen LogP contribution is -1.86. The van der Waals surface area contributed by atoms with Crippen molar-refractivity contribution >= 4 is 17.5 Å². The Balaban J connectivity index is 2.81. The van der Waals surface area contributed by atoms with Crippen LogP contribution in [0.25, 0.3) is 5.65 Å². The van der Waals surface area contributed by atoms with Crippen LogP contribution in [0.2, 0.25) is 0 Å². The van der Waals surface area contributed by atoms with Gasteiger partial charge in [-0.3, -0.25) is 0 Å². The van der Waals surface area contributed by atoms with Crippen LogP contribution in [0, 0.1) is 0 Å². The fourth-order valence-electron chi connectivity index (χ4n) is 0.963. The Morgan fingerprint density at radius 3 is 3.25 bits per heavy atom. The Hall–Kier alpha value is -2.00. The van der Waals surface area contributed by atoms with Crippen LogP contribution in [0.5, 0.6) is 0 Å². The largest absolute Gasteiger partial charge is 0.242 e. The Morgan fingerprint density at radius 2 is 2.42 bits per heavy atom. The smallest absolute Gasteiger partial charge is 0.215 e. The summed E-state index contributed by atoms with van der Waals surface area (Å²) in [5, 5.41) is 3.87. The number of carbonyl (C=O) groups excluding carboxylic acids is 1. The second kappa shape index (κ2) is 2.56. The van der Waals surface area contributed by atoms with Gasteiger partial charge >= 0.3 is 0 Å². The van der Waals surface area contributed by atoms with Gasteiger partial charge < -0.3 is 0 Å². The molecule has 0 amide bonds. The normalized spacial score (nSPS) is 9.67. The van der Waals surface area contributed by atoms with E-state index in [1.165, 1.54) is 16.9 Å². The molecule has 0 spiro atoms. The van der Waals surface area contributed by atoms with Crippen molar-refractivity contribution in [3.05, 3.63) is 24.5 Å². The number of aromatic nitrogens is 3. The highest BCUT2D eigenvalue weighted by atomic mass is 16.1. The van der Waals surface area contributed by atoms with Crippen LogP contribution in [0.4, 0.5) is 5.82 Å². The van der Waals surface area contributed by atoms with Gasteiger partial charge in [0.05, 0.1) is 0 Å². The molecule has 0 saturated carbocycles. The van der Waals surface area contributed by atoms with Crippen LogP contribution in [-0.2, 0) is 4.79 Å². The number of fused-ring (bicyclic) bond motifs is 1. The van der Waals surface area contributed by atoms with Crippen LogP contribution >= 0.6 is 0 Å². The second-order valence-electron chi connectivity index (χ2n) is 2.12. The minimum absolute atomic E-state index is 0.431.